The highest BCUT2D eigenvalue weighted by molar-refractivity contribution is 7.26. The molecule has 0 amide bonds. The van der Waals surface area contributed by atoms with E-state index in [2.05, 4.69) is 267 Å². The van der Waals surface area contributed by atoms with Gasteiger partial charge in [0.05, 0.1) is 32.5 Å². The molecule has 6 heteroatoms. The van der Waals surface area contributed by atoms with Gasteiger partial charge in [0, 0.05) is 71.7 Å². The van der Waals surface area contributed by atoms with Crippen LogP contribution in [0.5, 0.6) is 0 Å². The van der Waals surface area contributed by atoms with Crippen molar-refractivity contribution in [2.75, 3.05) is 14.7 Å². The van der Waals surface area contributed by atoms with Crippen LogP contribution in [0.25, 0.3) is 48.0 Å². The van der Waals surface area contributed by atoms with Crippen molar-refractivity contribution in [3.8, 4) is 16.8 Å². The predicted octanol–water partition coefficient (Wildman–Crippen LogP) is 19.7. The minimum atomic E-state index is -0.167. The summed E-state index contributed by atoms with van der Waals surface area (Å²) in [5, 5.41) is 2.68. The summed E-state index contributed by atoms with van der Waals surface area (Å²) in [6.45, 7) is 31.8. The summed E-state index contributed by atoms with van der Waals surface area (Å²) in [5.74, 6) is 0. The molecule has 10 aromatic rings. The van der Waals surface area contributed by atoms with Gasteiger partial charge in [-0.1, -0.05) is 205 Å². The number of hydrogen-bond acceptors (Lipinski definition) is 4. The summed E-state index contributed by atoms with van der Waals surface area (Å²) >= 11 is 1.96. The lowest BCUT2D eigenvalue weighted by Crippen LogP contribution is -2.61. The molecule has 2 aromatic heterocycles. The zero-order chi connectivity index (χ0) is 58.0. The van der Waals surface area contributed by atoms with E-state index in [9.17, 15) is 0 Å². The maximum absolute atomic E-state index is 2.87. The number of anilines is 7. The molecule has 0 N–H and O–H groups in total. The van der Waals surface area contributed by atoms with Crippen molar-refractivity contribution in [3.05, 3.63) is 186 Å². The number of fused-ring (bicyclic) bond motifs is 15. The van der Waals surface area contributed by atoms with E-state index in [0.29, 0.717) is 0 Å². The molecule has 4 atom stereocenters. The second-order valence-corrected chi connectivity index (χ2v) is 31.4. The average Bonchev–Trinajstić information content (AvgIpc) is 1.41. The van der Waals surface area contributed by atoms with E-state index in [0.717, 1.165) is 12.8 Å². The van der Waals surface area contributed by atoms with Crippen LogP contribution in [0, 0.1) is 0 Å². The lowest BCUT2D eigenvalue weighted by molar-refractivity contribution is 0.195. The molecule has 422 valence electrons. The first kappa shape index (κ1) is 52.5. The van der Waals surface area contributed by atoms with E-state index in [4.69, 9.17) is 0 Å². The zero-order valence-corrected chi connectivity index (χ0v) is 52.8. The first-order chi connectivity index (χ1) is 40.0. The fraction of sp³-hybridized carbons (Fsp3) is 0.359. The van der Waals surface area contributed by atoms with Crippen LogP contribution in [0.1, 0.15) is 169 Å². The molecule has 0 bridgehead atoms. The molecule has 6 aliphatic rings. The van der Waals surface area contributed by atoms with Gasteiger partial charge < -0.3 is 19.3 Å². The summed E-state index contributed by atoms with van der Waals surface area (Å²) in [4.78, 5) is 8.47. The van der Waals surface area contributed by atoms with E-state index in [-0.39, 0.29) is 44.9 Å². The zero-order valence-electron chi connectivity index (χ0n) is 51.9. The highest BCUT2D eigenvalue weighted by Gasteiger charge is 2.60. The van der Waals surface area contributed by atoms with Crippen molar-refractivity contribution in [2.24, 2.45) is 0 Å². The SMILES string of the molecule is CC(C)(C)c1ccc(N2c3cc(N4c5ccc(C(C)(C)C)cc5C5(C)CCCCC45C)ccc3B3c4c2cc(N2c5ccc(C(C)(C)C)cc5C5(C)CCCCC25C)cc4-n2c4c3cccc4c3sc4ccccc4c32)c(-c2ccccc2)c1. The number of nitrogens with zero attached hydrogens (tertiary/aromatic N) is 4. The van der Waals surface area contributed by atoms with E-state index >= 15 is 0 Å². The maximum atomic E-state index is 2.87. The molecule has 2 aliphatic carbocycles. The Balaban J connectivity index is 1.05. The summed E-state index contributed by atoms with van der Waals surface area (Å²) in [5.41, 5.74) is 26.5. The Bertz CT molecular complexity index is 4450. The molecule has 0 radical (unpaired) electrons. The minimum Gasteiger partial charge on any atom is -0.334 e. The average molecular weight is 1120 g/mol. The first-order valence-corrected chi connectivity index (χ1v) is 32.5. The van der Waals surface area contributed by atoms with Gasteiger partial charge in [-0.15, -0.1) is 11.3 Å². The largest absolute Gasteiger partial charge is 0.334 e. The number of aromatic nitrogens is 1. The highest BCUT2D eigenvalue weighted by atomic mass is 32.1. The van der Waals surface area contributed by atoms with Crippen molar-refractivity contribution < 1.29 is 0 Å². The Hall–Kier alpha value is -7.02. The third-order valence-electron chi connectivity index (χ3n) is 22.7. The number of para-hydroxylation sites is 1. The Morgan fingerprint density at radius 3 is 1.60 bits per heavy atom. The standard InChI is InChI=1S/C78H81BN4S/c1-72(2,3)49-30-35-61(56(42-49)48-24-15-14-16-25-48)80-64-45-52(82-62-36-31-50(73(4,5)6)43-57(62)75(10)38-19-21-40-77(75,82)12)33-34-59(64)79-60-28-23-27-55-69(60)81(70-54-26-17-18-29-67(54)84-71(55)70)66-47-53(46-65(80)68(66)79)83-63-37-32-51(74(7,8)9)44-58(63)76(11)39-20-22-41-78(76,83)13/h14-18,23-37,42-47H,19-22,38-41H2,1-13H3. The number of hydrogen-bond donors (Lipinski definition) is 0. The van der Waals surface area contributed by atoms with E-state index in [1.165, 1.54) is 171 Å². The molecule has 4 unspecified atom stereocenters. The third kappa shape index (κ3) is 6.90. The predicted molar refractivity (Wildman–Crippen MR) is 363 cm³/mol. The van der Waals surface area contributed by atoms with E-state index in [1.807, 2.05) is 11.3 Å². The first-order valence-electron chi connectivity index (χ1n) is 31.7. The topological polar surface area (TPSA) is 14.7 Å². The van der Waals surface area contributed by atoms with Crippen molar-refractivity contribution in [1.29, 1.82) is 0 Å². The summed E-state index contributed by atoms with van der Waals surface area (Å²) in [6, 6.07) is 63.4. The third-order valence-corrected chi connectivity index (χ3v) is 23.9. The molecule has 16 rings (SSSR count). The van der Waals surface area contributed by atoms with E-state index in [1.54, 1.807) is 0 Å². The number of rotatable bonds is 4. The molecule has 0 saturated heterocycles. The lowest BCUT2D eigenvalue weighted by Gasteiger charge is -2.51. The van der Waals surface area contributed by atoms with Crippen molar-refractivity contribution in [2.45, 2.75) is 180 Å². The Morgan fingerprint density at radius 2 is 0.964 bits per heavy atom. The van der Waals surface area contributed by atoms with Gasteiger partial charge >= 0.3 is 0 Å². The Morgan fingerprint density at radius 1 is 0.429 bits per heavy atom. The lowest BCUT2D eigenvalue weighted by atomic mass is 9.33. The number of benzene rings is 8. The molecular weight excluding hydrogens is 1040 g/mol. The van der Waals surface area contributed by atoms with Crippen molar-refractivity contribution >= 4 is 105 Å². The van der Waals surface area contributed by atoms with Gasteiger partial charge in [0.25, 0.3) is 6.71 Å². The van der Waals surface area contributed by atoms with Crippen LogP contribution < -0.4 is 31.1 Å². The Kier molecular flexibility index (Phi) is 10.8. The number of thiophene rings is 1. The molecule has 84 heavy (non-hydrogen) atoms. The van der Waals surface area contributed by atoms with Gasteiger partial charge in [-0.2, -0.15) is 0 Å². The smallest absolute Gasteiger partial charge is 0.252 e. The molecule has 4 aliphatic heterocycles. The summed E-state index contributed by atoms with van der Waals surface area (Å²) in [7, 11) is 0. The molecule has 2 fully saturated rings. The van der Waals surface area contributed by atoms with Crippen LogP contribution in [-0.4, -0.2) is 22.4 Å². The van der Waals surface area contributed by atoms with Crippen LogP contribution >= 0.6 is 11.3 Å². The van der Waals surface area contributed by atoms with Gasteiger partial charge in [0.2, 0.25) is 0 Å². The van der Waals surface area contributed by atoms with Crippen molar-refractivity contribution in [3.63, 3.8) is 0 Å². The van der Waals surface area contributed by atoms with Gasteiger partial charge in [0.1, 0.15) is 0 Å². The molecule has 4 nitrogen and oxygen atoms in total. The molecule has 8 aromatic carbocycles. The molecule has 2 saturated carbocycles. The van der Waals surface area contributed by atoms with E-state index < -0.39 is 0 Å². The summed E-state index contributed by atoms with van der Waals surface area (Å²) in [6.07, 6.45) is 9.57. The minimum absolute atomic E-state index is 0.0120. The molecular formula is C78H81BN4S. The van der Waals surface area contributed by atoms with Gasteiger partial charge in [-0.05, 0) is 160 Å². The van der Waals surface area contributed by atoms with Crippen LogP contribution in [0.3, 0.4) is 0 Å². The fourth-order valence-corrected chi connectivity index (χ4v) is 18.9. The highest BCUT2D eigenvalue weighted by Crippen LogP contribution is 2.64. The second kappa shape index (κ2) is 17.3. The second-order valence-electron chi connectivity index (χ2n) is 30.4. The molecule has 6 heterocycles. The van der Waals surface area contributed by atoms with Crippen LogP contribution in [-0.2, 0) is 27.1 Å². The quantitative estimate of drug-likeness (QED) is 0.163. The maximum Gasteiger partial charge on any atom is 0.252 e. The van der Waals surface area contributed by atoms with Gasteiger partial charge in [-0.3, -0.25) is 0 Å². The normalized spacial score (nSPS) is 23.2. The molecule has 0 spiro atoms. The monoisotopic (exact) mass is 1120 g/mol. The summed E-state index contributed by atoms with van der Waals surface area (Å²) < 4.78 is 5.46. The van der Waals surface area contributed by atoms with Crippen LogP contribution in [0.4, 0.5) is 39.8 Å². The van der Waals surface area contributed by atoms with Crippen LogP contribution in [0.2, 0.25) is 0 Å². The van der Waals surface area contributed by atoms with Crippen molar-refractivity contribution in [1.82, 2.24) is 4.57 Å². The Labute approximate surface area is 503 Å². The van der Waals surface area contributed by atoms with Crippen LogP contribution in [0.15, 0.2) is 158 Å². The fourth-order valence-electron chi connectivity index (χ4n) is 17.7. The van der Waals surface area contributed by atoms with Gasteiger partial charge in [-0.25, -0.2) is 0 Å². The van der Waals surface area contributed by atoms with Gasteiger partial charge in [0.15, 0.2) is 0 Å².